The maximum Gasteiger partial charge on any atom is 0.352 e. The molecule has 1 aromatic carbocycles. The minimum Gasteiger partial charge on any atom is -0.477 e. The van der Waals surface area contributed by atoms with E-state index >= 15 is 0 Å². The minimum absolute atomic E-state index is 0.126. The highest BCUT2D eigenvalue weighted by molar-refractivity contribution is 6.01. The van der Waals surface area contributed by atoms with Crippen LogP contribution in [0.25, 0.3) is 10.9 Å². The summed E-state index contributed by atoms with van der Waals surface area (Å²) in [5, 5.41) is 25.5. The van der Waals surface area contributed by atoms with Crippen LogP contribution < -0.4 is 16.0 Å². The largest absolute Gasteiger partial charge is 0.477 e. The first-order valence-electron chi connectivity index (χ1n) is 10.9. The molecule has 0 saturated carbocycles. The van der Waals surface area contributed by atoms with E-state index in [0.29, 0.717) is 40.8 Å². The molecule has 2 aromatic heterocycles. The molecular formula is C23H29N7O5. The Hall–Kier alpha value is -3.90. The predicted molar refractivity (Wildman–Crippen MR) is 128 cm³/mol. The molecule has 0 saturated heterocycles. The fourth-order valence-electron chi connectivity index (χ4n) is 3.75. The van der Waals surface area contributed by atoms with E-state index in [0.717, 1.165) is 0 Å². The van der Waals surface area contributed by atoms with Crippen molar-refractivity contribution in [2.24, 2.45) is 7.05 Å². The van der Waals surface area contributed by atoms with Crippen molar-refractivity contribution in [1.29, 1.82) is 0 Å². The zero-order valence-electron chi connectivity index (χ0n) is 20.1. The molecule has 3 unspecified atom stereocenters. The zero-order chi connectivity index (χ0) is 25.9. The van der Waals surface area contributed by atoms with Gasteiger partial charge in [0.1, 0.15) is 24.1 Å². The lowest BCUT2D eigenvalue weighted by Crippen LogP contribution is -2.60. The molecule has 12 nitrogen and oxygen atoms in total. The summed E-state index contributed by atoms with van der Waals surface area (Å²) in [7, 11) is 1.65. The number of nitrogens with zero attached hydrogens (tertiary/aromatic N) is 3. The molecule has 0 fully saturated rings. The third-order valence-electron chi connectivity index (χ3n) is 5.74. The van der Waals surface area contributed by atoms with E-state index in [1.54, 1.807) is 57.5 Å². The number of rotatable bonds is 11. The molecule has 0 aliphatic carbocycles. The summed E-state index contributed by atoms with van der Waals surface area (Å²) in [6.45, 7) is 6.69. The molecule has 3 atom stereocenters. The lowest BCUT2D eigenvalue weighted by Gasteiger charge is -2.31. The van der Waals surface area contributed by atoms with Gasteiger partial charge >= 0.3 is 5.97 Å². The van der Waals surface area contributed by atoms with Gasteiger partial charge in [-0.2, -0.15) is 5.10 Å². The Labute approximate surface area is 201 Å². The van der Waals surface area contributed by atoms with Crippen molar-refractivity contribution in [2.45, 2.75) is 51.4 Å². The molecule has 12 heteroatoms. The number of aromatic carboxylic acids is 1. The number of carbonyl (C=O) groups excluding carboxylic acids is 3. The molecule has 2 heterocycles. The van der Waals surface area contributed by atoms with Gasteiger partial charge in [0.15, 0.2) is 5.82 Å². The maximum atomic E-state index is 13.0. The van der Waals surface area contributed by atoms with Crippen molar-refractivity contribution in [2.75, 3.05) is 5.32 Å². The highest BCUT2D eigenvalue weighted by Gasteiger charge is 2.34. The molecule has 3 aromatic rings. The number of hydrogen-bond donors (Lipinski definition) is 5. The fraction of sp³-hybridized carbons (Fsp3) is 0.391. The second-order valence-corrected chi connectivity index (χ2v) is 8.88. The first-order chi connectivity index (χ1) is 16.5. The summed E-state index contributed by atoms with van der Waals surface area (Å²) >= 11 is 0. The van der Waals surface area contributed by atoms with Gasteiger partial charge in [0.25, 0.3) is 0 Å². The summed E-state index contributed by atoms with van der Waals surface area (Å²) in [4.78, 5) is 52.2. The Morgan fingerprint density at radius 2 is 1.86 bits per heavy atom. The van der Waals surface area contributed by atoms with Crippen LogP contribution in [0.4, 0.5) is 5.69 Å². The topological polar surface area (TPSA) is 171 Å². The van der Waals surface area contributed by atoms with Crippen molar-refractivity contribution in [3.05, 3.63) is 41.6 Å². The average Bonchev–Trinajstić information content (AvgIpc) is 3.39. The maximum absolute atomic E-state index is 13.0. The zero-order valence-corrected chi connectivity index (χ0v) is 20.1. The molecule has 0 bridgehead atoms. The number of aromatic amines is 1. The summed E-state index contributed by atoms with van der Waals surface area (Å²) < 4.78 is 1.55. The van der Waals surface area contributed by atoms with Crippen molar-refractivity contribution in [3.8, 4) is 0 Å². The molecule has 186 valence electrons. The lowest BCUT2D eigenvalue weighted by molar-refractivity contribution is -0.123. The number of nitrogens with one attached hydrogen (secondary N) is 4. The molecule has 35 heavy (non-hydrogen) atoms. The molecule has 5 N–H and O–H groups in total. The van der Waals surface area contributed by atoms with Crippen LogP contribution in [0.15, 0.2) is 24.3 Å². The average molecular weight is 484 g/mol. The third-order valence-corrected chi connectivity index (χ3v) is 5.74. The summed E-state index contributed by atoms with van der Waals surface area (Å²) in [6.07, 6.45) is 1.17. The second kappa shape index (κ2) is 10.2. The molecule has 0 spiro atoms. The molecule has 0 radical (unpaired) electrons. The van der Waals surface area contributed by atoms with Crippen LogP contribution in [0.3, 0.4) is 0 Å². The third kappa shape index (κ3) is 5.61. The summed E-state index contributed by atoms with van der Waals surface area (Å²) in [5.74, 6) is -0.434. The Bertz CT molecular complexity index is 1260. The van der Waals surface area contributed by atoms with Crippen molar-refractivity contribution < 1.29 is 24.3 Å². The van der Waals surface area contributed by atoms with Gasteiger partial charge in [0, 0.05) is 23.6 Å². The molecular weight excluding hydrogens is 454 g/mol. The van der Waals surface area contributed by atoms with Gasteiger partial charge in [-0.25, -0.2) is 9.78 Å². The summed E-state index contributed by atoms with van der Waals surface area (Å²) in [5.41, 5.74) is 0.0494. The normalized spacial score (nSPS) is 14.3. The number of benzene rings is 1. The van der Waals surface area contributed by atoms with Gasteiger partial charge in [-0.15, -0.1) is 0 Å². The van der Waals surface area contributed by atoms with E-state index in [4.69, 9.17) is 0 Å². The number of anilines is 1. The van der Waals surface area contributed by atoms with E-state index in [9.17, 15) is 24.3 Å². The van der Waals surface area contributed by atoms with Crippen LogP contribution in [-0.2, 0) is 21.4 Å². The van der Waals surface area contributed by atoms with E-state index in [-0.39, 0.29) is 5.69 Å². The number of aryl methyl sites for hydroxylation is 2. The number of amides is 1. The number of carboxylic acids is 1. The van der Waals surface area contributed by atoms with Gasteiger partial charge < -0.3 is 24.6 Å². The summed E-state index contributed by atoms with van der Waals surface area (Å²) in [6, 6.07) is 4.19. The van der Waals surface area contributed by atoms with Gasteiger partial charge in [0.05, 0.1) is 23.7 Å². The van der Waals surface area contributed by atoms with E-state index in [1.165, 1.54) is 6.07 Å². The number of hydrogen-bond acceptors (Lipinski definition) is 8. The number of fused-ring (bicyclic) bond motifs is 1. The van der Waals surface area contributed by atoms with Gasteiger partial charge in [-0.1, -0.05) is 0 Å². The molecule has 3 rings (SSSR count). The van der Waals surface area contributed by atoms with E-state index in [1.807, 2.05) is 0 Å². The Kier molecular flexibility index (Phi) is 7.46. The second-order valence-electron chi connectivity index (χ2n) is 8.88. The van der Waals surface area contributed by atoms with Crippen LogP contribution >= 0.6 is 0 Å². The van der Waals surface area contributed by atoms with Crippen LogP contribution in [0.2, 0.25) is 0 Å². The Morgan fingerprint density at radius 1 is 1.17 bits per heavy atom. The van der Waals surface area contributed by atoms with Crippen LogP contribution in [0.5, 0.6) is 0 Å². The quantitative estimate of drug-likeness (QED) is 0.250. The number of carboxylic acid groups (broad SMARTS) is 1. The minimum atomic E-state index is -1.24. The highest BCUT2D eigenvalue weighted by Crippen LogP contribution is 2.23. The first kappa shape index (κ1) is 25.7. The number of aldehydes is 2. The van der Waals surface area contributed by atoms with Crippen LogP contribution in [-0.4, -0.2) is 66.9 Å². The smallest absolute Gasteiger partial charge is 0.352 e. The van der Waals surface area contributed by atoms with Crippen molar-refractivity contribution in [1.82, 2.24) is 30.4 Å². The monoisotopic (exact) mass is 483 g/mol. The van der Waals surface area contributed by atoms with Crippen LogP contribution in [0.1, 0.15) is 49.0 Å². The van der Waals surface area contributed by atoms with Gasteiger partial charge in [-0.3, -0.25) is 20.5 Å². The molecule has 1 amide bonds. The lowest BCUT2D eigenvalue weighted by atomic mass is 9.99. The van der Waals surface area contributed by atoms with E-state index < -0.39 is 35.5 Å². The van der Waals surface area contributed by atoms with Gasteiger partial charge in [0.2, 0.25) is 5.91 Å². The van der Waals surface area contributed by atoms with Crippen molar-refractivity contribution in [3.63, 3.8) is 0 Å². The first-order valence-corrected chi connectivity index (χ1v) is 10.9. The fourth-order valence-corrected chi connectivity index (χ4v) is 3.75. The van der Waals surface area contributed by atoms with Crippen molar-refractivity contribution >= 4 is 41.0 Å². The predicted octanol–water partition coefficient (Wildman–Crippen LogP) is 1.10. The number of H-pyrrole nitrogens is 1. The highest BCUT2D eigenvalue weighted by atomic mass is 16.4. The molecule has 0 aliphatic heterocycles. The standard InChI is InChI=1S/C23H29N7O5/c1-12(20-25-13(2)28-29-20)24-16(10-31)17(11-32)27-23(3,4)22(35)26-15-6-7-18-14(8-15)9-19(21(33)34)30(18)5/h6-12,16-17,24,27H,1-5H3,(H,26,35)(H,33,34)(H,25,28,29). The Morgan fingerprint density at radius 3 is 2.43 bits per heavy atom. The van der Waals surface area contributed by atoms with Crippen LogP contribution in [0, 0.1) is 6.92 Å². The van der Waals surface area contributed by atoms with E-state index in [2.05, 4.69) is 31.1 Å². The number of aromatic nitrogens is 4. The number of carbonyl (C=O) groups is 4. The Balaban J connectivity index is 1.72. The molecule has 0 aliphatic rings. The van der Waals surface area contributed by atoms with Gasteiger partial charge in [-0.05, 0) is 52.0 Å². The SMILES string of the molecule is Cc1nc(C(C)NC(C=O)C(C=O)NC(C)(C)C(=O)Nc2ccc3c(c2)cc(C(=O)O)n3C)n[nH]1.